The van der Waals surface area contributed by atoms with Gasteiger partial charge in [-0.25, -0.2) is 9.78 Å². The fourth-order valence-electron chi connectivity index (χ4n) is 4.93. The minimum Gasteiger partial charge on any atom is -0.475 e. The van der Waals surface area contributed by atoms with E-state index >= 15 is 0 Å². The summed E-state index contributed by atoms with van der Waals surface area (Å²) in [7, 11) is 1.78. The second-order valence-corrected chi connectivity index (χ2v) is 9.36. The number of pyridine rings is 1. The lowest BCUT2D eigenvalue weighted by molar-refractivity contribution is -0.131. The molecule has 0 bridgehead atoms. The van der Waals surface area contributed by atoms with E-state index in [1.165, 1.54) is 0 Å². The SMILES string of the molecule is CC(C)Oc1ccc(N2CCC3(CCC(O)(CN4CCN(C)C4=O)CC3)C2=O)cn1. The summed E-state index contributed by atoms with van der Waals surface area (Å²) in [5.74, 6) is 0.681. The third-order valence-electron chi connectivity index (χ3n) is 6.83. The number of carbonyl (C=O) groups is 2. The number of amides is 3. The number of nitrogens with zero attached hydrogens (tertiary/aromatic N) is 4. The molecule has 3 fully saturated rings. The molecule has 1 N–H and O–H groups in total. The molecule has 2 saturated heterocycles. The first kappa shape index (κ1) is 20.9. The van der Waals surface area contributed by atoms with E-state index in [4.69, 9.17) is 4.74 Å². The van der Waals surface area contributed by atoms with Gasteiger partial charge in [0.2, 0.25) is 11.8 Å². The molecule has 3 amide bonds. The van der Waals surface area contributed by atoms with Crippen molar-refractivity contribution in [3.8, 4) is 5.88 Å². The fraction of sp³-hybridized carbons (Fsp3) is 0.682. The van der Waals surface area contributed by atoms with Gasteiger partial charge < -0.3 is 24.5 Å². The molecule has 164 valence electrons. The van der Waals surface area contributed by atoms with Gasteiger partial charge in [-0.05, 0) is 52.0 Å². The molecule has 0 aromatic carbocycles. The molecular formula is C22H32N4O4. The minimum absolute atomic E-state index is 0.0239. The maximum atomic E-state index is 13.3. The van der Waals surface area contributed by atoms with Crippen LogP contribution in [0.25, 0.3) is 0 Å². The van der Waals surface area contributed by atoms with E-state index in [0.29, 0.717) is 57.7 Å². The van der Waals surface area contributed by atoms with Gasteiger partial charge in [0.15, 0.2) is 0 Å². The van der Waals surface area contributed by atoms with Gasteiger partial charge in [-0.1, -0.05) is 0 Å². The number of urea groups is 1. The van der Waals surface area contributed by atoms with E-state index < -0.39 is 11.0 Å². The summed E-state index contributed by atoms with van der Waals surface area (Å²) in [5, 5.41) is 11.1. The van der Waals surface area contributed by atoms with E-state index in [1.807, 2.05) is 24.8 Å². The van der Waals surface area contributed by atoms with Crippen molar-refractivity contribution in [2.75, 3.05) is 38.1 Å². The molecule has 0 radical (unpaired) electrons. The monoisotopic (exact) mass is 416 g/mol. The van der Waals surface area contributed by atoms with Crippen molar-refractivity contribution in [1.29, 1.82) is 0 Å². The van der Waals surface area contributed by atoms with Crippen LogP contribution >= 0.6 is 0 Å². The van der Waals surface area contributed by atoms with Crippen molar-refractivity contribution in [2.24, 2.45) is 5.41 Å². The predicted molar refractivity (Wildman–Crippen MR) is 112 cm³/mol. The summed E-state index contributed by atoms with van der Waals surface area (Å²) in [6.45, 7) is 6.27. The zero-order valence-corrected chi connectivity index (χ0v) is 18.1. The van der Waals surface area contributed by atoms with Gasteiger partial charge in [-0.15, -0.1) is 0 Å². The maximum Gasteiger partial charge on any atom is 0.319 e. The molecule has 1 spiro atoms. The first-order valence-electron chi connectivity index (χ1n) is 10.9. The van der Waals surface area contributed by atoms with Crippen LogP contribution in [0.2, 0.25) is 0 Å². The molecule has 0 atom stereocenters. The average Bonchev–Trinajstić information content (AvgIpc) is 3.19. The molecule has 1 aromatic rings. The van der Waals surface area contributed by atoms with Crippen molar-refractivity contribution in [3.05, 3.63) is 18.3 Å². The number of carbonyl (C=O) groups excluding carboxylic acids is 2. The van der Waals surface area contributed by atoms with Crippen molar-refractivity contribution >= 4 is 17.6 Å². The van der Waals surface area contributed by atoms with Crippen molar-refractivity contribution < 1.29 is 19.4 Å². The Bertz CT molecular complexity index is 802. The zero-order valence-electron chi connectivity index (χ0n) is 18.1. The van der Waals surface area contributed by atoms with Gasteiger partial charge in [-0.2, -0.15) is 0 Å². The molecule has 3 heterocycles. The van der Waals surface area contributed by atoms with Crippen LogP contribution < -0.4 is 9.64 Å². The Hall–Kier alpha value is -2.35. The number of β-amino-alcohol motifs (C(OH)–C–C–N with tert-alkyl or cyclic N) is 1. The van der Waals surface area contributed by atoms with Gasteiger partial charge >= 0.3 is 6.03 Å². The topological polar surface area (TPSA) is 86.2 Å². The molecule has 2 aliphatic heterocycles. The second kappa shape index (κ2) is 7.72. The summed E-state index contributed by atoms with van der Waals surface area (Å²) >= 11 is 0. The summed E-state index contributed by atoms with van der Waals surface area (Å²) in [4.78, 5) is 35.0. The first-order valence-corrected chi connectivity index (χ1v) is 10.9. The van der Waals surface area contributed by atoms with Crippen LogP contribution in [0.4, 0.5) is 10.5 Å². The standard InChI is InChI=1S/C22H32N4O4/c1-16(2)30-18-5-4-17(14-23-18)26-11-10-21(19(26)27)6-8-22(29,9-7-21)15-25-13-12-24(3)20(25)28/h4-5,14,16,29H,6-13,15H2,1-3H3. The zero-order chi connectivity index (χ0) is 21.5. The van der Waals surface area contributed by atoms with Crippen LogP contribution in [0.5, 0.6) is 5.88 Å². The molecule has 0 unspecified atom stereocenters. The number of likely N-dealkylation sites (N-methyl/N-ethyl adjacent to an activating group) is 1. The quantitative estimate of drug-likeness (QED) is 0.796. The fourth-order valence-corrected chi connectivity index (χ4v) is 4.93. The molecule has 3 aliphatic rings. The van der Waals surface area contributed by atoms with Gasteiger partial charge in [-0.3, -0.25) is 4.79 Å². The predicted octanol–water partition coefficient (Wildman–Crippen LogP) is 2.26. The van der Waals surface area contributed by atoms with Gasteiger partial charge in [0.1, 0.15) is 0 Å². The number of rotatable bonds is 5. The van der Waals surface area contributed by atoms with Crippen LogP contribution in [0.1, 0.15) is 46.0 Å². The second-order valence-electron chi connectivity index (χ2n) is 9.36. The van der Waals surface area contributed by atoms with E-state index in [1.54, 1.807) is 29.1 Å². The Morgan fingerprint density at radius 3 is 2.40 bits per heavy atom. The smallest absolute Gasteiger partial charge is 0.319 e. The summed E-state index contributed by atoms with van der Waals surface area (Å²) < 4.78 is 5.59. The Kier molecular flexibility index (Phi) is 5.38. The lowest BCUT2D eigenvalue weighted by Crippen LogP contribution is -2.50. The van der Waals surface area contributed by atoms with Gasteiger partial charge in [0.25, 0.3) is 0 Å². The summed E-state index contributed by atoms with van der Waals surface area (Å²) in [6.07, 6.45) is 4.93. The van der Waals surface area contributed by atoms with Crippen molar-refractivity contribution in [2.45, 2.75) is 57.7 Å². The van der Waals surface area contributed by atoms with E-state index in [9.17, 15) is 14.7 Å². The van der Waals surface area contributed by atoms with E-state index in [2.05, 4.69) is 4.98 Å². The Morgan fingerprint density at radius 1 is 1.10 bits per heavy atom. The van der Waals surface area contributed by atoms with Crippen LogP contribution in [-0.4, -0.2) is 76.8 Å². The van der Waals surface area contributed by atoms with Gasteiger partial charge in [0.05, 0.1) is 35.5 Å². The molecule has 30 heavy (non-hydrogen) atoms. The Labute approximate surface area is 177 Å². The van der Waals surface area contributed by atoms with E-state index in [0.717, 1.165) is 12.1 Å². The Morgan fingerprint density at radius 2 is 1.83 bits per heavy atom. The Balaban J connectivity index is 1.38. The maximum absolute atomic E-state index is 13.3. The summed E-state index contributed by atoms with van der Waals surface area (Å²) in [6, 6.07) is 3.66. The van der Waals surface area contributed by atoms with Crippen molar-refractivity contribution in [3.63, 3.8) is 0 Å². The molecule has 8 nitrogen and oxygen atoms in total. The normalized spacial score (nSPS) is 29.6. The number of hydrogen-bond donors (Lipinski definition) is 1. The minimum atomic E-state index is -0.906. The number of aromatic nitrogens is 1. The first-order chi connectivity index (χ1) is 14.2. The van der Waals surface area contributed by atoms with Crippen LogP contribution in [-0.2, 0) is 4.79 Å². The number of aliphatic hydroxyl groups is 1. The van der Waals surface area contributed by atoms with Crippen LogP contribution in [0.15, 0.2) is 18.3 Å². The highest BCUT2D eigenvalue weighted by Crippen LogP contribution is 2.48. The molecule has 1 aliphatic carbocycles. The highest BCUT2D eigenvalue weighted by molar-refractivity contribution is 5.99. The number of hydrogen-bond acceptors (Lipinski definition) is 5. The number of ether oxygens (including phenoxy) is 1. The molecule has 1 aromatic heterocycles. The average molecular weight is 417 g/mol. The molecular weight excluding hydrogens is 384 g/mol. The lowest BCUT2D eigenvalue weighted by Gasteiger charge is -2.42. The number of anilines is 1. The third-order valence-corrected chi connectivity index (χ3v) is 6.83. The molecule has 8 heteroatoms. The largest absolute Gasteiger partial charge is 0.475 e. The lowest BCUT2D eigenvalue weighted by atomic mass is 9.67. The highest BCUT2D eigenvalue weighted by atomic mass is 16.5. The van der Waals surface area contributed by atoms with Crippen LogP contribution in [0.3, 0.4) is 0 Å². The van der Waals surface area contributed by atoms with Crippen LogP contribution in [0, 0.1) is 5.41 Å². The van der Waals surface area contributed by atoms with E-state index in [-0.39, 0.29) is 18.0 Å². The summed E-state index contributed by atoms with van der Waals surface area (Å²) in [5.41, 5.74) is -0.526. The van der Waals surface area contributed by atoms with Gasteiger partial charge in [0, 0.05) is 32.7 Å². The molecule has 1 saturated carbocycles. The third kappa shape index (κ3) is 3.85. The molecule has 4 rings (SSSR count). The highest BCUT2D eigenvalue weighted by Gasteiger charge is 2.52. The van der Waals surface area contributed by atoms with Crippen molar-refractivity contribution in [1.82, 2.24) is 14.8 Å².